The number of nitrogens with one attached hydrogen (secondary N) is 1. The summed E-state index contributed by atoms with van der Waals surface area (Å²) in [5.74, 6) is 0.298. The van der Waals surface area contributed by atoms with Crippen LogP contribution in [0.25, 0.3) is 10.6 Å². The van der Waals surface area contributed by atoms with E-state index in [4.69, 9.17) is 9.47 Å². The van der Waals surface area contributed by atoms with Crippen molar-refractivity contribution in [3.63, 3.8) is 0 Å². The van der Waals surface area contributed by atoms with Gasteiger partial charge in [-0.1, -0.05) is 11.3 Å². The van der Waals surface area contributed by atoms with Gasteiger partial charge in [0.15, 0.2) is 0 Å². The minimum absolute atomic E-state index is 0.292. The number of aromatic nitrogens is 2. The van der Waals surface area contributed by atoms with Crippen LogP contribution in [-0.2, 0) is 6.42 Å². The predicted molar refractivity (Wildman–Crippen MR) is 95.4 cm³/mol. The van der Waals surface area contributed by atoms with E-state index in [9.17, 15) is 9.18 Å². The van der Waals surface area contributed by atoms with Crippen LogP contribution in [0.2, 0.25) is 0 Å². The monoisotopic (exact) mass is 371 g/mol. The lowest BCUT2D eigenvalue weighted by Gasteiger charge is -2.07. The van der Waals surface area contributed by atoms with Crippen LogP contribution >= 0.6 is 11.3 Å². The molecule has 6 nitrogen and oxygen atoms in total. The fourth-order valence-corrected chi connectivity index (χ4v) is 3.47. The third-order valence-electron chi connectivity index (χ3n) is 4.03. The summed E-state index contributed by atoms with van der Waals surface area (Å²) in [4.78, 5) is 12.5. The number of benzene rings is 2. The molecule has 2 heterocycles. The van der Waals surface area contributed by atoms with E-state index in [2.05, 4.69) is 15.5 Å². The zero-order valence-corrected chi connectivity index (χ0v) is 14.6. The van der Waals surface area contributed by atoms with Crippen molar-refractivity contribution in [2.24, 2.45) is 0 Å². The maximum atomic E-state index is 13.8. The number of carbonyl (C=O) groups is 1. The Morgan fingerprint density at radius 2 is 2.04 bits per heavy atom. The lowest BCUT2D eigenvalue weighted by atomic mass is 10.1. The molecule has 2 aromatic carbocycles. The van der Waals surface area contributed by atoms with Crippen molar-refractivity contribution in [3.8, 4) is 22.1 Å². The molecule has 8 heteroatoms. The van der Waals surface area contributed by atoms with Crippen molar-refractivity contribution in [3.05, 3.63) is 53.3 Å². The molecule has 3 aromatic rings. The Morgan fingerprint density at radius 3 is 2.81 bits per heavy atom. The predicted octanol–water partition coefficient (Wildman–Crippen LogP) is 3.54. The molecule has 0 fully saturated rings. The molecule has 26 heavy (non-hydrogen) atoms. The lowest BCUT2D eigenvalue weighted by Crippen LogP contribution is -2.13. The van der Waals surface area contributed by atoms with Crippen LogP contribution in [0.5, 0.6) is 11.5 Å². The van der Waals surface area contributed by atoms with Gasteiger partial charge in [-0.3, -0.25) is 10.1 Å². The van der Waals surface area contributed by atoms with Gasteiger partial charge in [-0.15, -0.1) is 10.2 Å². The van der Waals surface area contributed by atoms with Crippen LogP contribution in [0.4, 0.5) is 9.52 Å². The van der Waals surface area contributed by atoms with Crippen molar-refractivity contribution >= 4 is 22.4 Å². The van der Waals surface area contributed by atoms with Crippen LogP contribution in [0.15, 0.2) is 36.4 Å². The topological polar surface area (TPSA) is 73.3 Å². The van der Waals surface area contributed by atoms with Gasteiger partial charge in [0.05, 0.1) is 19.3 Å². The van der Waals surface area contributed by atoms with E-state index < -0.39 is 5.91 Å². The van der Waals surface area contributed by atoms with Gasteiger partial charge in [-0.05, 0) is 36.4 Å². The minimum atomic E-state index is -0.402. The molecule has 0 atom stereocenters. The van der Waals surface area contributed by atoms with E-state index in [-0.39, 0.29) is 5.82 Å². The van der Waals surface area contributed by atoms with Gasteiger partial charge in [0, 0.05) is 17.5 Å². The number of methoxy groups -OCH3 is 1. The highest BCUT2D eigenvalue weighted by molar-refractivity contribution is 7.18. The second kappa shape index (κ2) is 6.72. The smallest absolute Gasteiger partial charge is 0.261 e. The summed E-state index contributed by atoms with van der Waals surface area (Å²) in [6, 6.07) is 10.1. The number of hydrogen-bond acceptors (Lipinski definition) is 6. The van der Waals surface area contributed by atoms with E-state index in [1.165, 1.54) is 23.5 Å². The fourth-order valence-electron chi connectivity index (χ4n) is 2.72. The summed E-state index contributed by atoms with van der Waals surface area (Å²) in [6.07, 6.45) is 0.461. The number of carbonyl (C=O) groups excluding carboxylic acids is 1. The van der Waals surface area contributed by atoms with Crippen molar-refractivity contribution in [1.82, 2.24) is 10.2 Å². The average Bonchev–Trinajstić information content (AvgIpc) is 3.32. The van der Waals surface area contributed by atoms with Crippen molar-refractivity contribution in [2.45, 2.75) is 6.42 Å². The molecular formula is C18H14FN3O3S. The highest BCUT2D eigenvalue weighted by Crippen LogP contribution is 2.33. The van der Waals surface area contributed by atoms with Crippen molar-refractivity contribution < 1.29 is 18.7 Å². The summed E-state index contributed by atoms with van der Waals surface area (Å²) in [6.45, 7) is 0.372. The number of nitrogens with zero attached hydrogens (tertiary/aromatic N) is 2. The Bertz CT molecular complexity index is 972. The van der Waals surface area contributed by atoms with Crippen molar-refractivity contribution in [2.75, 3.05) is 19.0 Å². The first-order chi connectivity index (χ1) is 12.7. The third-order valence-corrected chi connectivity index (χ3v) is 4.92. The van der Waals surface area contributed by atoms with Gasteiger partial charge in [-0.2, -0.15) is 0 Å². The first kappa shape index (κ1) is 16.5. The minimum Gasteiger partial charge on any atom is -0.497 e. The van der Waals surface area contributed by atoms with Gasteiger partial charge in [0.25, 0.3) is 5.91 Å². The molecule has 1 amide bonds. The summed E-state index contributed by atoms with van der Waals surface area (Å²) >= 11 is 1.25. The quantitative estimate of drug-likeness (QED) is 0.759. The number of rotatable bonds is 4. The second-order valence-corrected chi connectivity index (χ2v) is 6.57. The number of anilines is 1. The molecule has 0 bridgehead atoms. The maximum absolute atomic E-state index is 13.8. The van der Waals surface area contributed by atoms with E-state index in [1.54, 1.807) is 7.11 Å². The Balaban J connectivity index is 1.54. The van der Waals surface area contributed by atoms with Gasteiger partial charge >= 0.3 is 0 Å². The van der Waals surface area contributed by atoms with Crippen LogP contribution < -0.4 is 14.8 Å². The molecule has 1 aromatic heterocycles. The van der Waals surface area contributed by atoms with E-state index in [0.717, 1.165) is 11.3 Å². The number of ether oxygens (including phenoxy) is 2. The molecule has 0 saturated carbocycles. The standard InChI is InChI=1S/C18H14FN3O3S/c1-24-11-4-2-10(3-5-11)17-21-22-18(26-17)20-16(23)13-6-7-14(19)12-8-9-25-15(12)13/h2-7H,8-9H2,1H3,(H,20,22,23). The van der Waals surface area contributed by atoms with Crippen LogP contribution in [0, 0.1) is 5.82 Å². The molecule has 4 rings (SSSR count). The first-order valence-electron chi connectivity index (χ1n) is 7.89. The molecular weight excluding hydrogens is 357 g/mol. The highest BCUT2D eigenvalue weighted by Gasteiger charge is 2.24. The maximum Gasteiger partial charge on any atom is 0.261 e. The van der Waals surface area contributed by atoms with Gasteiger partial charge in [-0.25, -0.2) is 4.39 Å². The molecule has 0 saturated heterocycles. The number of hydrogen-bond donors (Lipinski definition) is 1. The molecule has 1 aliphatic rings. The van der Waals surface area contributed by atoms with Gasteiger partial charge in [0.1, 0.15) is 22.3 Å². The molecule has 1 aliphatic heterocycles. The zero-order chi connectivity index (χ0) is 18.1. The lowest BCUT2D eigenvalue weighted by molar-refractivity contribution is 0.102. The average molecular weight is 371 g/mol. The fraction of sp³-hybridized carbons (Fsp3) is 0.167. The van der Waals surface area contributed by atoms with E-state index in [1.807, 2.05) is 24.3 Å². The first-order valence-corrected chi connectivity index (χ1v) is 8.71. The summed E-state index contributed by atoms with van der Waals surface area (Å²) in [7, 11) is 1.60. The highest BCUT2D eigenvalue weighted by atomic mass is 32.1. The molecule has 132 valence electrons. The van der Waals surface area contributed by atoms with Crippen molar-refractivity contribution in [1.29, 1.82) is 0 Å². The number of halogens is 1. The Morgan fingerprint density at radius 1 is 1.23 bits per heavy atom. The molecule has 0 spiro atoms. The summed E-state index contributed by atoms with van der Waals surface area (Å²) in [5, 5.41) is 11.8. The largest absolute Gasteiger partial charge is 0.497 e. The van der Waals surface area contributed by atoms with Crippen LogP contribution in [-0.4, -0.2) is 29.8 Å². The Kier molecular flexibility index (Phi) is 4.26. The molecule has 0 unspecified atom stereocenters. The molecule has 1 N–H and O–H groups in total. The van der Waals surface area contributed by atoms with E-state index >= 15 is 0 Å². The second-order valence-electron chi connectivity index (χ2n) is 5.60. The summed E-state index contributed by atoms with van der Waals surface area (Å²) in [5.41, 5.74) is 1.60. The third kappa shape index (κ3) is 2.99. The van der Waals surface area contributed by atoms with Crippen LogP contribution in [0.3, 0.4) is 0 Å². The number of fused-ring (bicyclic) bond motifs is 1. The van der Waals surface area contributed by atoms with Gasteiger partial charge in [0.2, 0.25) is 5.13 Å². The normalized spacial score (nSPS) is 12.4. The Labute approximate surface area is 152 Å². The van der Waals surface area contributed by atoms with E-state index in [0.29, 0.717) is 40.0 Å². The van der Waals surface area contributed by atoms with Gasteiger partial charge < -0.3 is 9.47 Å². The summed E-state index contributed by atoms with van der Waals surface area (Å²) < 4.78 is 24.3. The number of amides is 1. The SMILES string of the molecule is COc1ccc(-c2nnc(NC(=O)c3ccc(F)c4c3OCC4)s2)cc1. The zero-order valence-electron chi connectivity index (χ0n) is 13.8. The molecule has 0 radical (unpaired) electrons. The molecule has 0 aliphatic carbocycles. The van der Waals surface area contributed by atoms with Crippen LogP contribution in [0.1, 0.15) is 15.9 Å². The Hall–Kier alpha value is -3.00.